The van der Waals surface area contributed by atoms with Crippen molar-refractivity contribution in [2.24, 2.45) is 0 Å². The van der Waals surface area contributed by atoms with Gasteiger partial charge in [0.15, 0.2) is 11.7 Å². The van der Waals surface area contributed by atoms with E-state index in [0.29, 0.717) is 30.0 Å². The van der Waals surface area contributed by atoms with Gasteiger partial charge < -0.3 is 14.6 Å². The van der Waals surface area contributed by atoms with Gasteiger partial charge in [-0.2, -0.15) is 0 Å². The number of aromatic nitrogens is 3. The predicted molar refractivity (Wildman–Crippen MR) is 114 cm³/mol. The van der Waals surface area contributed by atoms with Crippen LogP contribution in [0.5, 0.6) is 0 Å². The van der Waals surface area contributed by atoms with Crippen molar-refractivity contribution in [2.45, 2.75) is 57.2 Å². The van der Waals surface area contributed by atoms with E-state index in [1.165, 1.54) is 0 Å². The van der Waals surface area contributed by atoms with Gasteiger partial charge >= 0.3 is 6.03 Å². The fourth-order valence-corrected chi connectivity index (χ4v) is 4.82. The molecule has 3 atom stereocenters. The first kappa shape index (κ1) is 20.7. The number of nitrogens with zero attached hydrogens (tertiary/aromatic N) is 4. The summed E-state index contributed by atoms with van der Waals surface area (Å²) >= 11 is 0. The molecule has 2 amide bonds. The third-order valence-corrected chi connectivity index (χ3v) is 6.24. The van der Waals surface area contributed by atoms with E-state index in [2.05, 4.69) is 25.6 Å². The van der Waals surface area contributed by atoms with Gasteiger partial charge in [0.1, 0.15) is 0 Å². The summed E-state index contributed by atoms with van der Waals surface area (Å²) in [4.78, 5) is 27.7. The first-order valence-corrected chi connectivity index (χ1v) is 10.8. The highest BCUT2D eigenvalue weighted by molar-refractivity contribution is 5.90. The fraction of sp³-hybridized carbons (Fsp3) is 0.455. The number of carbonyl (C=O) groups excluding carboxylic acids is 1. The molecule has 5 rings (SSSR count). The topological polar surface area (TPSA) is 96.2 Å². The van der Waals surface area contributed by atoms with Crippen LogP contribution in [0.25, 0.3) is 22.2 Å². The number of hydrogen-bond donors (Lipinski definition) is 2. The number of aryl methyl sites for hydroxylation is 1. The van der Waals surface area contributed by atoms with Crippen molar-refractivity contribution in [1.82, 2.24) is 25.2 Å². The Balaban J connectivity index is 1.29. The van der Waals surface area contributed by atoms with Crippen LogP contribution < -0.4 is 10.6 Å². The SMILES string of the molecule is Cc1ncc(-c2ccc3cnc(NC(=O)N4C5CC[C@@H]4C[C@H](NCC(F)F)C5)nc3c2)o1. The molecule has 10 heteroatoms. The average molecular weight is 442 g/mol. The highest BCUT2D eigenvalue weighted by Gasteiger charge is 2.43. The smallest absolute Gasteiger partial charge is 0.324 e. The molecule has 2 N–H and O–H groups in total. The molecule has 2 aliphatic rings. The lowest BCUT2D eigenvalue weighted by molar-refractivity contribution is 0.115. The molecular weight excluding hydrogens is 418 g/mol. The minimum atomic E-state index is -2.37. The molecule has 1 unspecified atom stereocenters. The number of rotatable bonds is 5. The zero-order chi connectivity index (χ0) is 22.2. The number of amides is 2. The number of benzene rings is 1. The normalized spacial score (nSPS) is 22.6. The number of urea groups is 1. The number of halogens is 2. The van der Waals surface area contributed by atoms with Crippen LogP contribution >= 0.6 is 0 Å². The standard InChI is InChI=1S/C22H24F2N6O2/c1-12-25-10-19(32-12)13-2-3-14-9-27-21(28-18(14)6-13)29-22(31)30-16-4-5-17(30)8-15(7-16)26-11-20(23)24/h2-3,6,9-10,15-17,20,26H,4-5,7-8,11H2,1H3,(H,27,28,29,31)/t15-,16+,17?/m0/s1. The van der Waals surface area contributed by atoms with Gasteiger partial charge in [-0.3, -0.25) is 5.32 Å². The number of carbonyl (C=O) groups is 1. The number of oxazole rings is 1. The summed E-state index contributed by atoms with van der Waals surface area (Å²) in [6.45, 7) is 1.47. The maximum absolute atomic E-state index is 13.0. The molecule has 2 aromatic heterocycles. The Labute approximate surface area is 183 Å². The lowest BCUT2D eigenvalue weighted by atomic mass is 9.97. The second-order valence-corrected chi connectivity index (χ2v) is 8.40. The van der Waals surface area contributed by atoms with E-state index in [1.807, 2.05) is 23.1 Å². The van der Waals surface area contributed by atoms with Crippen molar-refractivity contribution in [3.05, 3.63) is 36.5 Å². The number of hydrogen-bond acceptors (Lipinski definition) is 6. The Morgan fingerprint density at radius 1 is 1.22 bits per heavy atom. The lowest BCUT2D eigenvalue weighted by Crippen LogP contribution is -2.53. The van der Waals surface area contributed by atoms with Gasteiger partial charge in [-0.05, 0) is 31.7 Å². The zero-order valence-corrected chi connectivity index (χ0v) is 17.6. The van der Waals surface area contributed by atoms with Crippen LogP contribution in [0.2, 0.25) is 0 Å². The highest BCUT2D eigenvalue weighted by Crippen LogP contribution is 2.36. The molecule has 0 saturated carbocycles. The molecule has 0 spiro atoms. The van der Waals surface area contributed by atoms with E-state index in [-0.39, 0.29) is 36.6 Å². The van der Waals surface area contributed by atoms with E-state index in [4.69, 9.17) is 4.42 Å². The van der Waals surface area contributed by atoms with E-state index in [9.17, 15) is 13.6 Å². The van der Waals surface area contributed by atoms with Crippen LogP contribution in [-0.2, 0) is 0 Å². The maximum Gasteiger partial charge on any atom is 0.324 e. The minimum Gasteiger partial charge on any atom is -0.441 e. The molecule has 168 valence electrons. The van der Waals surface area contributed by atoms with Crippen LogP contribution in [0.15, 0.2) is 35.0 Å². The van der Waals surface area contributed by atoms with E-state index < -0.39 is 6.43 Å². The van der Waals surface area contributed by atoms with E-state index >= 15 is 0 Å². The van der Waals surface area contributed by atoms with Crippen LogP contribution in [-0.4, -0.2) is 57.0 Å². The Morgan fingerprint density at radius 2 is 2.00 bits per heavy atom. The van der Waals surface area contributed by atoms with Crippen LogP contribution in [0.4, 0.5) is 19.5 Å². The second-order valence-electron chi connectivity index (χ2n) is 8.40. The third-order valence-electron chi connectivity index (χ3n) is 6.24. The molecule has 2 saturated heterocycles. The van der Waals surface area contributed by atoms with Gasteiger partial charge in [0, 0.05) is 42.2 Å². The molecule has 4 heterocycles. The number of piperidine rings is 1. The van der Waals surface area contributed by atoms with Crippen molar-refractivity contribution >= 4 is 22.9 Å². The quantitative estimate of drug-likeness (QED) is 0.621. The first-order valence-electron chi connectivity index (χ1n) is 10.8. The Hall–Kier alpha value is -3.14. The highest BCUT2D eigenvalue weighted by atomic mass is 19.3. The Bertz CT molecular complexity index is 1120. The Kier molecular flexibility index (Phi) is 5.46. The summed E-state index contributed by atoms with van der Waals surface area (Å²) in [5.41, 5.74) is 1.52. The molecular formula is C22H24F2N6O2. The third kappa shape index (κ3) is 4.14. The predicted octanol–water partition coefficient (Wildman–Crippen LogP) is 3.98. The zero-order valence-electron chi connectivity index (χ0n) is 17.6. The van der Waals surface area contributed by atoms with E-state index in [0.717, 1.165) is 23.8 Å². The summed E-state index contributed by atoms with van der Waals surface area (Å²) in [5.74, 6) is 1.46. The molecule has 0 aliphatic carbocycles. The first-order chi connectivity index (χ1) is 15.5. The average Bonchev–Trinajstić information content (AvgIpc) is 3.32. The van der Waals surface area contributed by atoms with Crippen molar-refractivity contribution in [3.8, 4) is 11.3 Å². The largest absolute Gasteiger partial charge is 0.441 e. The molecule has 32 heavy (non-hydrogen) atoms. The molecule has 2 bridgehead atoms. The van der Waals surface area contributed by atoms with Crippen molar-refractivity contribution in [2.75, 3.05) is 11.9 Å². The van der Waals surface area contributed by atoms with Gasteiger partial charge in [-0.1, -0.05) is 12.1 Å². The molecule has 2 fully saturated rings. The fourth-order valence-electron chi connectivity index (χ4n) is 4.82. The van der Waals surface area contributed by atoms with Crippen molar-refractivity contribution < 1.29 is 18.0 Å². The van der Waals surface area contributed by atoms with Crippen LogP contribution in [0.1, 0.15) is 31.6 Å². The monoisotopic (exact) mass is 442 g/mol. The van der Waals surface area contributed by atoms with Crippen LogP contribution in [0, 0.1) is 6.92 Å². The summed E-state index contributed by atoms with van der Waals surface area (Å²) in [7, 11) is 0. The van der Waals surface area contributed by atoms with E-state index in [1.54, 1.807) is 19.3 Å². The van der Waals surface area contributed by atoms with Gasteiger partial charge in [0.05, 0.1) is 18.3 Å². The molecule has 2 aliphatic heterocycles. The molecule has 1 aromatic carbocycles. The van der Waals surface area contributed by atoms with Crippen LogP contribution in [0.3, 0.4) is 0 Å². The number of alkyl halides is 2. The number of nitrogens with one attached hydrogen (secondary N) is 2. The lowest BCUT2D eigenvalue weighted by Gasteiger charge is -2.39. The van der Waals surface area contributed by atoms with Gasteiger partial charge in [0.2, 0.25) is 5.95 Å². The molecule has 3 aromatic rings. The minimum absolute atomic E-state index is 0.0145. The number of fused-ring (bicyclic) bond motifs is 3. The second kappa shape index (κ2) is 8.42. The molecule has 0 radical (unpaired) electrons. The summed E-state index contributed by atoms with van der Waals surface area (Å²) in [6, 6.07) is 5.51. The number of anilines is 1. The summed E-state index contributed by atoms with van der Waals surface area (Å²) < 4.78 is 30.6. The van der Waals surface area contributed by atoms with Crippen molar-refractivity contribution in [3.63, 3.8) is 0 Å². The Morgan fingerprint density at radius 3 is 2.69 bits per heavy atom. The summed E-state index contributed by atoms with van der Waals surface area (Å²) in [5, 5.41) is 6.59. The van der Waals surface area contributed by atoms with Gasteiger partial charge in [-0.25, -0.2) is 28.5 Å². The van der Waals surface area contributed by atoms with Crippen molar-refractivity contribution in [1.29, 1.82) is 0 Å². The summed E-state index contributed by atoms with van der Waals surface area (Å²) in [6.07, 6.45) is 4.07. The molecule has 8 nitrogen and oxygen atoms in total. The van der Waals surface area contributed by atoms with Gasteiger partial charge in [-0.15, -0.1) is 0 Å². The van der Waals surface area contributed by atoms with Gasteiger partial charge in [0.25, 0.3) is 6.43 Å². The maximum atomic E-state index is 13.0.